The van der Waals surface area contributed by atoms with Crippen LogP contribution in [0.3, 0.4) is 0 Å². The molecule has 9 heteroatoms. The fourth-order valence-electron chi connectivity index (χ4n) is 7.98. The van der Waals surface area contributed by atoms with Gasteiger partial charge in [-0.2, -0.15) is 9.15 Å². The molecule has 5 rings (SSSR count). The van der Waals surface area contributed by atoms with Crippen molar-refractivity contribution in [2.45, 2.75) is 116 Å². The van der Waals surface area contributed by atoms with Gasteiger partial charge in [-0.05, 0) is 108 Å². The summed E-state index contributed by atoms with van der Waals surface area (Å²) in [6, 6.07) is 13.0. The Balaban J connectivity index is 1.41. The summed E-state index contributed by atoms with van der Waals surface area (Å²) in [7, 11) is 0. The summed E-state index contributed by atoms with van der Waals surface area (Å²) < 4.78 is 7.01. The van der Waals surface area contributed by atoms with Gasteiger partial charge in [-0.1, -0.05) is 55.6 Å². The summed E-state index contributed by atoms with van der Waals surface area (Å²) in [5.74, 6) is -1.47. The van der Waals surface area contributed by atoms with Crippen molar-refractivity contribution in [3.05, 3.63) is 90.9 Å². The zero-order valence-electron chi connectivity index (χ0n) is 30.3. The Morgan fingerprint density at radius 2 is 1.31 bits per heavy atom. The van der Waals surface area contributed by atoms with Gasteiger partial charge < -0.3 is 10.2 Å². The number of allylic oxidation sites excluding steroid dienone is 6. The summed E-state index contributed by atoms with van der Waals surface area (Å²) in [4.78, 5) is 22.1. The van der Waals surface area contributed by atoms with Gasteiger partial charge in [-0.3, -0.25) is 9.59 Å². The Bertz CT molecular complexity index is 1850. The number of hydrogen-bond donors (Lipinski definition) is 2. The number of nitrogens with zero attached hydrogens (tertiary/aromatic N) is 2. The molecule has 51 heavy (non-hydrogen) atoms. The highest BCUT2D eigenvalue weighted by molar-refractivity contribution is 9.10. The van der Waals surface area contributed by atoms with E-state index < -0.39 is 11.9 Å². The topological polar surface area (TPSA) is 80.6 Å². The van der Waals surface area contributed by atoms with E-state index in [2.05, 4.69) is 123 Å². The van der Waals surface area contributed by atoms with Gasteiger partial charge in [0.25, 0.3) is 0 Å². The van der Waals surface area contributed by atoms with Crippen molar-refractivity contribution in [1.29, 1.82) is 0 Å². The minimum absolute atomic E-state index is 0.156. The molecule has 2 N–H and O–H groups in total. The van der Waals surface area contributed by atoms with Crippen molar-refractivity contribution in [1.82, 2.24) is 0 Å². The average Bonchev–Trinajstić information content (AvgIpc) is 3.40. The van der Waals surface area contributed by atoms with Crippen LogP contribution in [-0.4, -0.2) is 55.8 Å². The summed E-state index contributed by atoms with van der Waals surface area (Å²) in [5.41, 5.74) is 9.60. The highest BCUT2D eigenvalue weighted by Gasteiger charge is 2.46. The number of aliphatic carboxylic acids is 2. The van der Waals surface area contributed by atoms with Crippen LogP contribution in [0.5, 0.6) is 0 Å². The zero-order chi connectivity index (χ0) is 36.9. The van der Waals surface area contributed by atoms with Crippen molar-refractivity contribution >= 4 is 78.2 Å². The summed E-state index contributed by atoms with van der Waals surface area (Å²) in [6.45, 7) is 10.9. The number of fused-ring (bicyclic) bond motifs is 2. The summed E-state index contributed by atoms with van der Waals surface area (Å²) >= 11 is 14.6. The second kappa shape index (κ2) is 16.9. The Morgan fingerprint density at radius 3 is 1.90 bits per heavy atom. The molecule has 0 fully saturated rings. The van der Waals surface area contributed by atoms with E-state index in [1.54, 1.807) is 0 Å². The quantitative estimate of drug-likeness (QED) is 0.130. The van der Waals surface area contributed by atoms with Crippen molar-refractivity contribution in [3.8, 4) is 0 Å². The SMILES string of the molecule is CC1(C)C(/C=C/C2=C(Cl)C(=C/CC3=[N+](CCCCCC(=O)O)c4ccc(Br)cc4C3(C)C)/CCC2)=[N+](CCCCCC(=O)O)c2ccc(Br)cc21. The fourth-order valence-corrected chi connectivity index (χ4v) is 9.03. The van der Waals surface area contributed by atoms with Crippen LogP contribution < -0.4 is 0 Å². The molecule has 0 bridgehead atoms. The third kappa shape index (κ3) is 9.05. The average molecular weight is 843 g/mol. The molecule has 6 nitrogen and oxygen atoms in total. The van der Waals surface area contributed by atoms with Gasteiger partial charge in [-0.15, -0.1) is 0 Å². The number of carboxylic acids is 2. The molecule has 1 aliphatic carbocycles. The van der Waals surface area contributed by atoms with Gasteiger partial charge in [-0.25, -0.2) is 0 Å². The lowest BCUT2D eigenvalue weighted by Gasteiger charge is -2.20. The molecular formula is C42H51Br2ClN2O4+2. The van der Waals surface area contributed by atoms with Crippen LogP contribution in [0.1, 0.15) is 116 Å². The van der Waals surface area contributed by atoms with Gasteiger partial charge in [0.1, 0.15) is 13.1 Å². The third-order valence-corrected chi connectivity index (χ3v) is 12.3. The molecule has 0 saturated carbocycles. The van der Waals surface area contributed by atoms with Crippen LogP contribution in [0, 0.1) is 0 Å². The van der Waals surface area contributed by atoms with Crippen molar-refractivity contribution < 1.29 is 29.0 Å². The van der Waals surface area contributed by atoms with Crippen LogP contribution in [0.25, 0.3) is 0 Å². The molecule has 0 spiro atoms. The normalized spacial score (nSPS) is 18.7. The minimum Gasteiger partial charge on any atom is -0.481 e. The molecule has 3 aliphatic rings. The number of benzene rings is 2. The van der Waals surface area contributed by atoms with Crippen molar-refractivity contribution in [2.24, 2.45) is 0 Å². The van der Waals surface area contributed by atoms with Crippen LogP contribution in [0.15, 0.2) is 79.8 Å². The molecule has 0 unspecified atom stereocenters. The van der Waals surface area contributed by atoms with Crippen LogP contribution in [-0.2, 0) is 20.4 Å². The highest BCUT2D eigenvalue weighted by atomic mass is 79.9. The van der Waals surface area contributed by atoms with E-state index in [4.69, 9.17) is 21.8 Å². The molecule has 0 aromatic heterocycles. The molecule has 0 amide bonds. The first kappa shape index (κ1) is 39.4. The number of hydrogen-bond acceptors (Lipinski definition) is 2. The Hall–Kier alpha value is -2.81. The second-order valence-electron chi connectivity index (χ2n) is 15.1. The molecule has 2 aromatic rings. The first-order valence-electron chi connectivity index (χ1n) is 18.3. The van der Waals surface area contributed by atoms with Crippen LogP contribution >= 0.6 is 43.5 Å². The van der Waals surface area contributed by atoms with E-state index in [-0.39, 0.29) is 23.7 Å². The third-order valence-electron chi connectivity index (χ3n) is 10.8. The standard InChI is InChI=1S/C42H49Br2ClN2O4/c1-41(2)32-26-30(43)18-20-34(32)46(24-9-5-7-14-38(48)49)36(41)22-16-28-12-11-13-29(40(28)45)17-23-37-42(3,4)33-27-31(44)19-21-35(33)47(37)25-10-6-8-15-39(50)51/h16-22,26-27H,5-15,23-25H2,1-4H3/p+2/b22-16+,29-17+. The second-order valence-corrected chi connectivity index (χ2v) is 17.3. The maximum Gasteiger partial charge on any atom is 0.303 e. The Morgan fingerprint density at radius 1 is 0.765 bits per heavy atom. The zero-order valence-corrected chi connectivity index (χ0v) is 34.3. The molecular weight excluding hydrogens is 792 g/mol. The molecule has 2 heterocycles. The first-order valence-corrected chi connectivity index (χ1v) is 20.3. The number of rotatable bonds is 16. The number of carbonyl (C=O) groups is 2. The summed E-state index contributed by atoms with van der Waals surface area (Å²) in [6.07, 6.45) is 16.0. The lowest BCUT2D eigenvalue weighted by Crippen LogP contribution is -2.29. The lowest BCUT2D eigenvalue weighted by molar-refractivity contribution is -0.440. The van der Waals surface area contributed by atoms with Crippen molar-refractivity contribution in [2.75, 3.05) is 13.1 Å². The number of unbranched alkanes of at least 4 members (excludes halogenated alkanes) is 4. The molecule has 2 aromatic carbocycles. The maximum atomic E-state index is 11.1. The largest absolute Gasteiger partial charge is 0.481 e. The minimum atomic E-state index is -0.736. The summed E-state index contributed by atoms with van der Waals surface area (Å²) in [5, 5.41) is 19.0. The van der Waals surface area contributed by atoms with Gasteiger partial charge >= 0.3 is 11.9 Å². The van der Waals surface area contributed by atoms with E-state index in [1.807, 2.05) is 0 Å². The van der Waals surface area contributed by atoms with Gasteiger partial charge in [0.05, 0.1) is 10.8 Å². The molecule has 0 radical (unpaired) electrons. The van der Waals surface area contributed by atoms with Crippen LogP contribution in [0.2, 0.25) is 0 Å². The Kier molecular flexibility index (Phi) is 13.1. The monoisotopic (exact) mass is 840 g/mol. The van der Waals surface area contributed by atoms with E-state index in [1.165, 1.54) is 39.5 Å². The smallest absolute Gasteiger partial charge is 0.303 e. The fraction of sp³-hybridized carbons (Fsp3) is 0.476. The van der Waals surface area contributed by atoms with Gasteiger partial charge in [0.2, 0.25) is 11.4 Å². The van der Waals surface area contributed by atoms with Crippen LogP contribution in [0.4, 0.5) is 11.4 Å². The van der Waals surface area contributed by atoms with E-state index in [9.17, 15) is 9.59 Å². The van der Waals surface area contributed by atoms with E-state index >= 15 is 0 Å². The number of halogens is 3. The molecule has 0 saturated heterocycles. The first-order chi connectivity index (χ1) is 24.2. The molecule has 2 aliphatic heterocycles. The van der Waals surface area contributed by atoms with Crippen molar-refractivity contribution in [3.63, 3.8) is 0 Å². The Labute approximate surface area is 325 Å². The van der Waals surface area contributed by atoms with Gasteiger partial charge in [0.15, 0.2) is 11.4 Å². The molecule has 0 atom stereocenters. The maximum absolute atomic E-state index is 11.1. The highest BCUT2D eigenvalue weighted by Crippen LogP contribution is 2.44. The van der Waals surface area contributed by atoms with E-state index in [0.717, 1.165) is 84.0 Å². The predicted octanol–water partition coefficient (Wildman–Crippen LogP) is 11.5. The molecule has 272 valence electrons. The predicted molar refractivity (Wildman–Crippen MR) is 215 cm³/mol. The van der Waals surface area contributed by atoms with Gasteiger partial charge in [0, 0.05) is 75.4 Å². The van der Waals surface area contributed by atoms with E-state index in [0.29, 0.717) is 12.8 Å². The lowest BCUT2D eigenvalue weighted by atomic mass is 9.80. The number of carboxylic acid groups (broad SMARTS) is 2.